The zero-order valence-corrected chi connectivity index (χ0v) is 33.7. The predicted molar refractivity (Wildman–Crippen MR) is 206 cm³/mol. The molecule has 15 nitrogen and oxygen atoms in total. The van der Waals surface area contributed by atoms with E-state index < -0.39 is 23.8 Å². The summed E-state index contributed by atoms with van der Waals surface area (Å²) in [5, 5.41) is 40.2. The molecule has 0 aromatic carbocycles. The molecule has 0 radical (unpaired) electrons. The van der Waals surface area contributed by atoms with Crippen LogP contribution in [0.25, 0.3) is 0 Å². The van der Waals surface area contributed by atoms with Crippen molar-refractivity contribution >= 4 is 17.8 Å². The number of hydrogen-bond donors (Lipinski definition) is 6. The molecule has 0 aromatic rings. The Bertz CT molecular complexity index is 1240. The van der Waals surface area contributed by atoms with E-state index in [2.05, 4.69) is 20.6 Å². The van der Waals surface area contributed by atoms with E-state index in [1.54, 1.807) is 0 Å². The van der Waals surface area contributed by atoms with Gasteiger partial charge in [-0.1, -0.05) is 0 Å². The minimum atomic E-state index is -0.933. The van der Waals surface area contributed by atoms with Crippen molar-refractivity contribution in [2.24, 2.45) is 35.5 Å². The van der Waals surface area contributed by atoms with Gasteiger partial charge in [-0.3, -0.25) is 24.9 Å². The second kappa shape index (κ2) is 22.6. The van der Waals surface area contributed by atoms with Gasteiger partial charge in [0.25, 0.3) is 0 Å². The average Bonchev–Trinajstić information content (AvgIpc) is 3.21. The van der Waals surface area contributed by atoms with Crippen LogP contribution in [0.5, 0.6) is 0 Å². The van der Waals surface area contributed by atoms with Crippen LogP contribution in [0.4, 0.5) is 0 Å². The Morgan fingerprint density at radius 1 is 0.491 bits per heavy atom. The Kier molecular flexibility index (Phi) is 17.7. The van der Waals surface area contributed by atoms with Gasteiger partial charge in [-0.05, 0) is 159 Å². The summed E-state index contributed by atoms with van der Waals surface area (Å²) in [6.07, 6.45) is 20.2. The van der Waals surface area contributed by atoms with Crippen molar-refractivity contribution in [3.05, 3.63) is 0 Å². The molecule has 6 aliphatic rings. The first-order valence-corrected chi connectivity index (χ1v) is 22.3. The molecular weight excluding hydrogens is 740 g/mol. The molecule has 6 rings (SSSR count). The fraction of sp³-hybridized carbons (Fsp3) is 0.929. The van der Waals surface area contributed by atoms with E-state index in [9.17, 15) is 24.6 Å². The van der Waals surface area contributed by atoms with Crippen LogP contribution in [0.3, 0.4) is 0 Å². The highest BCUT2D eigenvalue weighted by atomic mass is 17.1. The number of carboxylic acid groups (broad SMARTS) is 2. The fourth-order valence-electron chi connectivity index (χ4n) is 10.9. The second-order valence-corrected chi connectivity index (χ2v) is 18.3. The predicted octanol–water partition coefficient (Wildman–Crippen LogP) is 6.13. The number of ether oxygens (including phenoxy) is 3. The molecule has 0 aliphatic heterocycles. The summed E-state index contributed by atoms with van der Waals surface area (Å²) in [6.45, 7) is 0.731. The second-order valence-electron chi connectivity index (χ2n) is 18.3. The van der Waals surface area contributed by atoms with E-state index in [1.807, 2.05) is 0 Å². The summed E-state index contributed by atoms with van der Waals surface area (Å²) in [5.41, 5.74) is 3.23. The Labute approximate surface area is 337 Å². The number of hydrogen-bond acceptors (Lipinski definition) is 12. The lowest BCUT2D eigenvalue weighted by atomic mass is 9.73. The van der Waals surface area contributed by atoms with Crippen molar-refractivity contribution in [2.45, 2.75) is 190 Å². The number of carboxylic acids is 2. The van der Waals surface area contributed by atoms with Gasteiger partial charge in [-0.15, -0.1) is 0 Å². The van der Waals surface area contributed by atoms with E-state index >= 15 is 0 Å². The molecule has 8 atom stereocenters. The van der Waals surface area contributed by atoms with Crippen molar-refractivity contribution in [3.63, 3.8) is 0 Å². The third-order valence-electron chi connectivity index (χ3n) is 14.3. The van der Waals surface area contributed by atoms with Crippen LogP contribution in [0, 0.1) is 35.5 Å². The molecule has 6 aliphatic carbocycles. The lowest BCUT2D eigenvalue weighted by molar-refractivity contribution is -0.257. The van der Waals surface area contributed by atoms with Gasteiger partial charge in [-0.2, -0.15) is 5.48 Å². The molecule has 6 fully saturated rings. The fourth-order valence-corrected chi connectivity index (χ4v) is 10.9. The topological polar surface area (TPSA) is 212 Å². The molecule has 6 N–H and O–H groups in total. The highest BCUT2D eigenvalue weighted by Gasteiger charge is 2.41. The smallest absolute Gasteiger partial charge is 0.307 e. The van der Waals surface area contributed by atoms with Crippen LogP contribution in [-0.2, 0) is 43.2 Å². The van der Waals surface area contributed by atoms with Gasteiger partial charge in [0, 0.05) is 12.1 Å². The van der Waals surface area contributed by atoms with Gasteiger partial charge >= 0.3 is 11.9 Å². The molecule has 326 valence electrons. The van der Waals surface area contributed by atoms with Crippen LogP contribution in [0.1, 0.15) is 141 Å². The molecule has 0 bridgehead atoms. The first-order valence-electron chi connectivity index (χ1n) is 22.3. The van der Waals surface area contributed by atoms with Crippen molar-refractivity contribution in [1.82, 2.24) is 10.8 Å². The summed E-state index contributed by atoms with van der Waals surface area (Å²) in [5.74, 6) is -3.47. The molecule has 1 amide bonds. The van der Waals surface area contributed by atoms with E-state index in [1.165, 1.54) is 0 Å². The molecule has 0 aromatic heterocycles. The van der Waals surface area contributed by atoms with Gasteiger partial charge in [0.15, 0.2) is 0 Å². The van der Waals surface area contributed by atoms with Crippen LogP contribution in [0.2, 0.25) is 0 Å². The third-order valence-corrected chi connectivity index (χ3v) is 14.3. The SMILES string of the molecule is O=C(O)C1CCC(COO)C(CONC2CCC(OC3CCC(OC4CCCC(OC5CCC(NC(=O)C6CC(COO)CCC6C(=O)O)CC5)C4)CC3)CC2)C1. The molecule has 6 saturated carbocycles. The number of amides is 1. The van der Waals surface area contributed by atoms with Crippen molar-refractivity contribution in [1.29, 1.82) is 0 Å². The van der Waals surface area contributed by atoms with Crippen molar-refractivity contribution in [2.75, 3.05) is 19.8 Å². The van der Waals surface area contributed by atoms with Crippen molar-refractivity contribution in [3.8, 4) is 0 Å². The van der Waals surface area contributed by atoms with Crippen molar-refractivity contribution < 1.29 is 63.9 Å². The first-order chi connectivity index (χ1) is 27.7. The molecule has 0 spiro atoms. The number of nitrogens with one attached hydrogen (secondary N) is 2. The standard InChI is InChI=1S/C42H70N2O13/c45-40(39-20-26(23-53-50)4-19-38(39)42(48)49)43-30-7-11-33(12-8-30)56-36-2-1-3-37(22-36)57-35-17-15-34(16-18-35)55-32-13-9-31(10-14-32)44-52-24-29-21-27(41(46)47)5-6-28(29)25-54-51/h26-39,44,50-51H,1-25H2,(H,43,45)(H,46,47)(H,48,49). The average molecular weight is 811 g/mol. The maximum absolute atomic E-state index is 13.2. The summed E-state index contributed by atoms with van der Waals surface area (Å²) in [6, 6.07) is 0.267. The maximum Gasteiger partial charge on any atom is 0.307 e. The summed E-state index contributed by atoms with van der Waals surface area (Å²) < 4.78 is 19.9. The minimum Gasteiger partial charge on any atom is -0.481 e. The van der Waals surface area contributed by atoms with Crippen LogP contribution >= 0.6 is 0 Å². The Morgan fingerprint density at radius 2 is 1.05 bits per heavy atom. The molecule has 8 unspecified atom stereocenters. The monoisotopic (exact) mass is 810 g/mol. The lowest BCUT2D eigenvalue weighted by Crippen LogP contribution is -2.47. The van der Waals surface area contributed by atoms with Gasteiger partial charge in [-0.25, -0.2) is 9.78 Å². The van der Waals surface area contributed by atoms with Gasteiger partial charge in [0.2, 0.25) is 5.91 Å². The third kappa shape index (κ3) is 13.5. The van der Waals surface area contributed by atoms with E-state index in [0.717, 1.165) is 103 Å². The number of carbonyl (C=O) groups is 3. The summed E-state index contributed by atoms with van der Waals surface area (Å²) in [7, 11) is 0. The molecule has 57 heavy (non-hydrogen) atoms. The van der Waals surface area contributed by atoms with Gasteiger partial charge < -0.3 is 34.6 Å². The van der Waals surface area contributed by atoms with Gasteiger partial charge in [0.05, 0.1) is 74.2 Å². The maximum atomic E-state index is 13.2. The molecule has 0 saturated heterocycles. The number of rotatable bonds is 18. The lowest BCUT2D eigenvalue weighted by Gasteiger charge is -2.38. The minimum absolute atomic E-state index is 0.0205. The van der Waals surface area contributed by atoms with E-state index in [-0.39, 0.29) is 91.5 Å². The highest BCUT2D eigenvalue weighted by Crippen LogP contribution is 2.37. The number of hydroxylamine groups is 1. The normalized spacial score (nSPS) is 39.3. The molecular formula is C42H70N2O13. The largest absolute Gasteiger partial charge is 0.481 e. The zero-order valence-electron chi connectivity index (χ0n) is 33.7. The molecule has 15 heteroatoms. The Morgan fingerprint density at radius 3 is 1.61 bits per heavy atom. The van der Waals surface area contributed by atoms with Gasteiger partial charge in [0.1, 0.15) is 0 Å². The van der Waals surface area contributed by atoms with Crippen LogP contribution in [0.15, 0.2) is 0 Å². The number of aliphatic carboxylic acids is 2. The van der Waals surface area contributed by atoms with E-state index in [4.69, 9.17) is 29.6 Å². The Balaban J connectivity index is 0.819. The summed E-state index contributed by atoms with van der Waals surface area (Å²) in [4.78, 5) is 51.2. The van der Waals surface area contributed by atoms with Crippen LogP contribution < -0.4 is 10.8 Å². The summed E-state index contributed by atoms with van der Waals surface area (Å²) >= 11 is 0. The quantitative estimate of drug-likeness (QED) is 0.0680. The Hall–Kier alpha value is -1.95. The van der Waals surface area contributed by atoms with Crippen LogP contribution in [-0.4, -0.2) is 107 Å². The number of carbonyl (C=O) groups excluding carboxylic acids is 1. The zero-order chi connectivity index (χ0) is 40.1. The van der Waals surface area contributed by atoms with E-state index in [0.29, 0.717) is 45.1 Å². The first kappa shape index (κ1) is 44.6. The molecule has 0 heterocycles. The highest BCUT2D eigenvalue weighted by molar-refractivity contribution is 5.85.